The number of rotatable bonds is 7. The van der Waals surface area contributed by atoms with E-state index in [-0.39, 0.29) is 65.0 Å². The van der Waals surface area contributed by atoms with Crippen LogP contribution in [-0.4, -0.2) is 97.5 Å². The summed E-state index contributed by atoms with van der Waals surface area (Å²) < 4.78 is 11.7. The standard InChI is InChI=1S/C32H56O9/c1-15(2)23(41-30-29(39)27(37)22(35)14-40-30)7-6-16(3)19-13-21(34)25-24-18(9-11-32(19,25)5)31(4)10-8-17(33)12-20(31)26(36)28(24)38/h15-30,33-39H,6-14H2,1-5H3/t16-,17+,18+,19-,20-,21-,22-,23+,24+,25+,26-,27+,28+,29-,30+,31-,32-/m1/s1. The van der Waals surface area contributed by atoms with Crippen molar-refractivity contribution in [3.8, 4) is 0 Å². The lowest BCUT2D eigenvalue weighted by Crippen LogP contribution is -2.65. The second kappa shape index (κ2) is 11.9. The number of fused-ring (bicyclic) bond motifs is 5. The van der Waals surface area contributed by atoms with Crippen molar-refractivity contribution >= 4 is 0 Å². The van der Waals surface area contributed by atoms with E-state index >= 15 is 0 Å². The SMILES string of the molecule is CC(C)[C@H](CC[C@@H](C)[C@H]1C[C@@H](O)[C@H]2[C@H]3[C@H](O)[C@H](O)[C@H]4C[C@@H](O)CC[C@]4(C)[C@H]3CC[C@@]21C)O[C@@H]1OC[C@@H](O)[C@H](O)[C@H]1O. The maximum Gasteiger partial charge on any atom is 0.186 e. The summed E-state index contributed by atoms with van der Waals surface area (Å²) in [6.07, 6.45) is -1.41. The van der Waals surface area contributed by atoms with Crippen LogP contribution in [0.5, 0.6) is 0 Å². The fraction of sp³-hybridized carbons (Fsp3) is 1.00. The third-order valence-corrected chi connectivity index (χ3v) is 12.9. The topological polar surface area (TPSA) is 160 Å². The molecule has 0 aromatic carbocycles. The maximum absolute atomic E-state index is 11.6. The smallest absolute Gasteiger partial charge is 0.186 e. The molecule has 1 heterocycles. The molecule has 9 heteroatoms. The molecule has 4 aliphatic carbocycles. The predicted octanol–water partition coefficient (Wildman–Crippen LogP) is 1.82. The zero-order chi connectivity index (χ0) is 30.0. The molecule has 0 unspecified atom stereocenters. The van der Waals surface area contributed by atoms with E-state index in [1.54, 1.807) is 0 Å². The Morgan fingerprint density at radius 2 is 1.44 bits per heavy atom. The highest BCUT2D eigenvalue weighted by molar-refractivity contribution is 5.15. The number of aliphatic hydroxyl groups is 7. The van der Waals surface area contributed by atoms with E-state index in [2.05, 4.69) is 34.6 Å². The first kappa shape index (κ1) is 32.0. The molecule has 0 radical (unpaired) electrons. The number of ether oxygens (including phenoxy) is 2. The summed E-state index contributed by atoms with van der Waals surface area (Å²) in [6.45, 7) is 10.8. The Morgan fingerprint density at radius 1 is 0.756 bits per heavy atom. The van der Waals surface area contributed by atoms with Crippen LogP contribution in [0, 0.1) is 52.3 Å². The largest absolute Gasteiger partial charge is 0.393 e. The van der Waals surface area contributed by atoms with Crippen molar-refractivity contribution in [1.29, 1.82) is 0 Å². The molecule has 5 rings (SSSR count). The average Bonchev–Trinajstić information content (AvgIpc) is 3.20. The van der Waals surface area contributed by atoms with Gasteiger partial charge in [-0.15, -0.1) is 0 Å². The zero-order valence-electron chi connectivity index (χ0n) is 25.5. The van der Waals surface area contributed by atoms with Gasteiger partial charge in [0.25, 0.3) is 0 Å². The van der Waals surface area contributed by atoms with E-state index in [1.165, 1.54) is 0 Å². The third kappa shape index (κ3) is 5.44. The minimum absolute atomic E-state index is 0.0844. The average molecular weight is 585 g/mol. The zero-order valence-corrected chi connectivity index (χ0v) is 25.5. The maximum atomic E-state index is 11.6. The van der Waals surface area contributed by atoms with E-state index in [0.29, 0.717) is 12.8 Å². The Balaban J connectivity index is 1.28. The van der Waals surface area contributed by atoms with Gasteiger partial charge in [-0.05, 0) is 104 Å². The molecule has 238 valence electrons. The summed E-state index contributed by atoms with van der Waals surface area (Å²) in [4.78, 5) is 0. The number of hydrogen-bond donors (Lipinski definition) is 7. The van der Waals surface area contributed by atoms with Gasteiger partial charge in [0.05, 0.1) is 37.1 Å². The van der Waals surface area contributed by atoms with Crippen LogP contribution >= 0.6 is 0 Å². The summed E-state index contributed by atoms with van der Waals surface area (Å²) in [5.41, 5.74) is -0.306. The Hall–Kier alpha value is -0.360. The van der Waals surface area contributed by atoms with E-state index in [1.807, 2.05) is 0 Å². The molecule has 5 fully saturated rings. The first-order valence-electron chi connectivity index (χ1n) is 16.2. The van der Waals surface area contributed by atoms with E-state index < -0.39 is 49.0 Å². The van der Waals surface area contributed by atoms with E-state index in [4.69, 9.17) is 9.47 Å². The van der Waals surface area contributed by atoms with Crippen molar-refractivity contribution in [3.05, 3.63) is 0 Å². The molecule has 0 spiro atoms. The molecule has 1 saturated heterocycles. The Labute approximate surface area is 245 Å². The van der Waals surface area contributed by atoms with Crippen LogP contribution in [0.15, 0.2) is 0 Å². The molecule has 0 aromatic rings. The van der Waals surface area contributed by atoms with Crippen molar-refractivity contribution in [1.82, 2.24) is 0 Å². The molecule has 4 saturated carbocycles. The van der Waals surface area contributed by atoms with E-state index in [0.717, 1.165) is 38.5 Å². The van der Waals surface area contributed by atoms with Gasteiger partial charge in [0.2, 0.25) is 0 Å². The van der Waals surface area contributed by atoms with Gasteiger partial charge >= 0.3 is 0 Å². The van der Waals surface area contributed by atoms with Crippen molar-refractivity contribution in [2.24, 2.45) is 52.3 Å². The van der Waals surface area contributed by atoms with Crippen LogP contribution in [0.4, 0.5) is 0 Å². The lowest BCUT2D eigenvalue weighted by Gasteiger charge is -2.63. The first-order chi connectivity index (χ1) is 19.2. The summed E-state index contributed by atoms with van der Waals surface area (Å²) in [5.74, 6) is 0.539. The summed E-state index contributed by atoms with van der Waals surface area (Å²) in [7, 11) is 0. The Kier molecular flexibility index (Phi) is 9.27. The summed E-state index contributed by atoms with van der Waals surface area (Å²) >= 11 is 0. The fourth-order valence-electron chi connectivity index (χ4n) is 10.5. The van der Waals surface area contributed by atoms with Crippen molar-refractivity contribution < 1.29 is 45.2 Å². The summed E-state index contributed by atoms with van der Waals surface area (Å²) in [6, 6.07) is 0. The molecule has 9 nitrogen and oxygen atoms in total. The van der Waals surface area contributed by atoms with Crippen molar-refractivity contribution in [2.45, 2.75) is 141 Å². The molecule has 41 heavy (non-hydrogen) atoms. The first-order valence-corrected chi connectivity index (χ1v) is 16.2. The predicted molar refractivity (Wildman–Crippen MR) is 151 cm³/mol. The molecule has 0 amide bonds. The van der Waals surface area contributed by atoms with Crippen LogP contribution in [0.2, 0.25) is 0 Å². The fourth-order valence-corrected chi connectivity index (χ4v) is 10.5. The minimum atomic E-state index is -1.32. The van der Waals surface area contributed by atoms with Gasteiger partial charge < -0.3 is 45.2 Å². The number of hydrogen-bond acceptors (Lipinski definition) is 9. The Bertz CT molecular complexity index is 902. The lowest BCUT2D eigenvalue weighted by atomic mass is 9.43. The highest BCUT2D eigenvalue weighted by atomic mass is 16.7. The second-order valence-electron chi connectivity index (χ2n) is 15.4. The second-order valence-corrected chi connectivity index (χ2v) is 15.4. The van der Waals surface area contributed by atoms with Crippen LogP contribution in [-0.2, 0) is 9.47 Å². The van der Waals surface area contributed by atoms with Gasteiger partial charge in [0.1, 0.15) is 18.3 Å². The number of aliphatic hydroxyl groups excluding tert-OH is 7. The quantitative estimate of drug-likeness (QED) is 0.237. The molecule has 0 aromatic heterocycles. The minimum Gasteiger partial charge on any atom is -0.393 e. The molecule has 0 bridgehead atoms. The monoisotopic (exact) mass is 584 g/mol. The molecule has 1 aliphatic heterocycles. The normalized spacial score (nSPS) is 53.3. The van der Waals surface area contributed by atoms with Crippen molar-refractivity contribution in [3.63, 3.8) is 0 Å². The van der Waals surface area contributed by atoms with Crippen LogP contribution in [0.3, 0.4) is 0 Å². The Morgan fingerprint density at radius 3 is 2.12 bits per heavy atom. The molecular weight excluding hydrogens is 528 g/mol. The van der Waals surface area contributed by atoms with E-state index in [9.17, 15) is 35.7 Å². The highest BCUT2D eigenvalue weighted by Crippen LogP contribution is 2.68. The van der Waals surface area contributed by atoms with Gasteiger partial charge in [-0.25, -0.2) is 0 Å². The van der Waals surface area contributed by atoms with Gasteiger partial charge in [-0.2, -0.15) is 0 Å². The molecular formula is C32H56O9. The van der Waals surface area contributed by atoms with Crippen LogP contribution in [0.1, 0.15) is 86.0 Å². The van der Waals surface area contributed by atoms with Gasteiger partial charge in [0.15, 0.2) is 6.29 Å². The molecule has 5 aliphatic rings. The summed E-state index contributed by atoms with van der Waals surface area (Å²) in [5, 5.41) is 75.1. The van der Waals surface area contributed by atoms with Crippen LogP contribution in [0.25, 0.3) is 0 Å². The van der Waals surface area contributed by atoms with Gasteiger partial charge in [-0.3, -0.25) is 0 Å². The van der Waals surface area contributed by atoms with Gasteiger partial charge in [-0.1, -0.05) is 34.6 Å². The lowest BCUT2D eigenvalue weighted by molar-refractivity contribution is -0.286. The molecule has 7 N–H and O–H groups in total. The van der Waals surface area contributed by atoms with Gasteiger partial charge in [0, 0.05) is 0 Å². The van der Waals surface area contributed by atoms with Crippen molar-refractivity contribution in [2.75, 3.05) is 6.61 Å². The van der Waals surface area contributed by atoms with Crippen LogP contribution < -0.4 is 0 Å². The highest BCUT2D eigenvalue weighted by Gasteiger charge is 2.67. The molecule has 17 atom stereocenters. The third-order valence-electron chi connectivity index (χ3n) is 12.9.